The number of carbonyl (C=O) groups excluding carboxylic acids is 1. The van der Waals surface area contributed by atoms with Crippen LogP contribution >= 0.6 is 0 Å². The number of aromatic amines is 2. The van der Waals surface area contributed by atoms with Crippen molar-refractivity contribution in [2.75, 3.05) is 41.7 Å². The third kappa shape index (κ3) is 5.18. The highest BCUT2D eigenvalue weighted by Crippen LogP contribution is 2.36. The number of para-hydroxylation sites is 1. The molecular formula is C27H23F3N8O3. The van der Waals surface area contributed by atoms with Crippen LogP contribution < -0.4 is 15.5 Å². The molecule has 0 radical (unpaired) electrons. The highest BCUT2D eigenvalue weighted by atomic mass is 19.4. The number of H-pyrrole nitrogens is 2. The number of nitrogens with one attached hydrogen (secondary N) is 4. The lowest BCUT2D eigenvalue weighted by Crippen LogP contribution is -2.48. The van der Waals surface area contributed by atoms with Crippen LogP contribution in [0.3, 0.4) is 0 Å². The minimum absolute atomic E-state index is 0.0700. The van der Waals surface area contributed by atoms with Crippen LogP contribution in [0.5, 0.6) is 0 Å². The van der Waals surface area contributed by atoms with Gasteiger partial charge in [0.1, 0.15) is 0 Å². The number of halogens is 3. The lowest BCUT2D eigenvalue weighted by molar-refractivity contribution is -0.136. The van der Waals surface area contributed by atoms with E-state index < -0.39 is 23.7 Å². The SMILES string of the molecule is O=C(Nc1ccc2cn[nH]c2c1)c1cc2[nH]c(Nc3ccccc3C(F)(F)F)nc2cc1N1CCN(C(=O)O)CC1. The second-order valence-electron chi connectivity index (χ2n) is 9.52. The number of amides is 2. The van der Waals surface area contributed by atoms with Crippen molar-refractivity contribution in [3.05, 3.63) is 71.9 Å². The van der Waals surface area contributed by atoms with Crippen LogP contribution in [0, 0.1) is 0 Å². The number of fused-ring (bicyclic) bond motifs is 2. The second kappa shape index (κ2) is 10.0. The number of hydrogen-bond donors (Lipinski definition) is 5. The van der Waals surface area contributed by atoms with E-state index in [-0.39, 0.29) is 30.3 Å². The first-order chi connectivity index (χ1) is 19.7. The van der Waals surface area contributed by atoms with Gasteiger partial charge in [-0.1, -0.05) is 12.1 Å². The van der Waals surface area contributed by atoms with Crippen molar-refractivity contribution < 1.29 is 27.9 Å². The minimum Gasteiger partial charge on any atom is -0.465 e. The Morgan fingerprint density at radius 3 is 2.51 bits per heavy atom. The molecule has 5 aromatic rings. The summed E-state index contributed by atoms with van der Waals surface area (Å²) in [5.74, 6) is -0.353. The molecule has 0 unspecified atom stereocenters. The predicted octanol–water partition coefficient (Wildman–Crippen LogP) is 5.25. The van der Waals surface area contributed by atoms with Crippen molar-refractivity contribution >= 4 is 56.9 Å². The zero-order valence-corrected chi connectivity index (χ0v) is 21.3. The number of carboxylic acid groups (broad SMARTS) is 1. The molecule has 3 aromatic carbocycles. The largest absolute Gasteiger partial charge is 0.465 e. The molecule has 0 saturated carbocycles. The van der Waals surface area contributed by atoms with Gasteiger partial charge in [0.2, 0.25) is 5.95 Å². The fourth-order valence-electron chi connectivity index (χ4n) is 4.87. The first kappa shape index (κ1) is 26.0. The molecule has 1 saturated heterocycles. The number of benzene rings is 3. The summed E-state index contributed by atoms with van der Waals surface area (Å²) < 4.78 is 40.5. The Balaban J connectivity index is 1.36. The van der Waals surface area contributed by atoms with Gasteiger partial charge in [-0.15, -0.1) is 0 Å². The van der Waals surface area contributed by atoms with E-state index in [1.807, 2.05) is 11.0 Å². The molecule has 41 heavy (non-hydrogen) atoms. The Bertz CT molecular complexity index is 1770. The van der Waals surface area contributed by atoms with E-state index >= 15 is 0 Å². The van der Waals surface area contributed by atoms with Crippen LogP contribution in [0.15, 0.2) is 60.8 Å². The summed E-state index contributed by atoms with van der Waals surface area (Å²) >= 11 is 0. The molecule has 3 heterocycles. The average Bonchev–Trinajstić information content (AvgIpc) is 3.57. The molecule has 11 nitrogen and oxygen atoms in total. The van der Waals surface area contributed by atoms with E-state index in [9.17, 15) is 27.9 Å². The molecule has 1 aliphatic rings. The first-order valence-corrected chi connectivity index (χ1v) is 12.6. The normalized spacial score (nSPS) is 14.0. The first-order valence-electron chi connectivity index (χ1n) is 12.6. The summed E-state index contributed by atoms with van der Waals surface area (Å²) in [4.78, 5) is 35.6. The Kier molecular flexibility index (Phi) is 6.36. The van der Waals surface area contributed by atoms with E-state index in [1.165, 1.54) is 23.1 Å². The van der Waals surface area contributed by atoms with Gasteiger partial charge in [0, 0.05) is 37.3 Å². The zero-order chi connectivity index (χ0) is 28.7. The number of aromatic nitrogens is 4. The molecule has 0 spiro atoms. The van der Waals surface area contributed by atoms with Crippen LogP contribution in [0.4, 0.5) is 41.0 Å². The van der Waals surface area contributed by atoms with E-state index in [2.05, 4.69) is 30.8 Å². The Labute approximate surface area is 230 Å². The van der Waals surface area contributed by atoms with Crippen molar-refractivity contribution in [1.82, 2.24) is 25.1 Å². The second-order valence-corrected chi connectivity index (χ2v) is 9.52. The molecule has 0 bridgehead atoms. The molecule has 210 valence electrons. The van der Waals surface area contributed by atoms with E-state index in [0.29, 0.717) is 35.5 Å². The quantitative estimate of drug-likeness (QED) is 0.196. The van der Waals surface area contributed by atoms with Gasteiger partial charge in [-0.05, 0) is 42.5 Å². The van der Waals surface area contributed by atoms with Crippen LogP contribution in [0.2, 0.25) is 0 Å². The third-order valence-corrected chi connectivity index (χ3v) is 6.92. The molecule has 5 N–H and O–H groups in total. The minimum atomic E-state index is -4.56. The summed E-state index contributed by atoms with van der Waals surface area (Å²) in [7, 11) is 0. The van der Waals surface area contributed by atoms with Crippen molar-refractivity contribution in [2.45, 2.75) is 6.18 Å². The summed E-state index contributed by atoms with van der Waals surface area (Å²) in [5, 5.41) is 22.7. The number of hydrogen-bond acceptors (Lipinski definition) is 6. The Morgan fingerprint density at radius 1 is 0.976 bits per heavy atom. The third-order valence-electron chi connectivity index (χ3n) is 6.92. The number of anilines is 4. The number of alkyl halides is 3. The zero-order valence-electron chi connectivity index (χ0n) is 21.3. The van der Waals surface area contributed by atoms with Gasteiger partial charge >= 0.3 is 12.3 Å². The van der Waals surface area contributed by atoms with Crippen LogP contribution in [-0.2, 0) is 6.18 Å². The molecular weight excluding hydrogens is 541 g/mol. The highest BCUT2D eigenvalue weighted by Gasteiger charge is 2.33. The van der Waals surface area contributed by atoms with Crippen molar-refractivity contribution in [1.29, 1.82) is 0 Å². The van der Waals surface area contributed by atoms with Gasteiger partial charge in [0.15, 0.2) is 0 Å². The number of carbonyl (C=O) groups is 2. The van der Waals surface area contributed by atoms with E-state index in [0.717, 1.165) is 17.0 Å². The summed E-state index contributed by atoms with van der Waals surface area (Å²) in [5.41, 5.74) is 1.93. The van der Waals surface area contributed by atoms with Gasteiger partial charge < -0.3 is 30.5 Å². The smallest absolute Gasteiger partial charge is 0.418 e. The lowest BCUT2D eigenvalue weighted by atomic mass is 10.1. The number of rotatable bonds is 5. The fourth-order valence-corrected chi connectivity index (χ4v) is 4.87. The van der Waals surface area contributed by atoms with Gasteiger partial charge in [0.05, 0.1) is 45.2 Å². The maximum atomic E-state index is 13.6. The fraction of sp³-hybridized carbons (Fsp3) is 0.185. The van der Waals surface area contributed by atoms with Crippen molar-refractivity contribution in [3.63, 3.8) is 0 Å². The molecule has 0 aliphatic carbocycles. The summed E-state index contributed by atoms with van der Waals surface area (Å²) in [6.07, 6.45) is -3.92. The molecule has 1 aliphatic heterocycles. The average molecular weight is 565 g/mol. The molecule has 2 aromatic heterocycles. The van der Waals surface area contributed by atoms with Crippen LogP contribution in [0.1, 0.15) is 15.9 Å². The van der Waals surface area contributed by atoms with Crippen molar-refractivity contribution in [3.8, 4) is 0 Å². The number of piperazine rings is 1. The predicted molar refractivity (Wildman–Crippen MR) is 147 cm³/mol. The van der Waals surface area contributed by atoms with E-state index in [1.54, 1.807) is 30.5 Å². The highest BCUT2D eigenvalue weighted by molar-refractivity contribution is 6.11. The summed E-state index contributed by atoms with van der Waals surface area (Å²) in [6, 6.07) is 13.6. The Morgan fingerprint density at radius 2 is 1.76 bits per heavy atom. The van der Waals surface area contributed by atoms with Gasteiger partial charge in [-0.25, -0.2) is 9.78 Å². The van der Waals surface area contributed by atoms with E-state index in [4.69, 9.17) is 0 Å². The Hall–Kier alpha value is -5.27. The topological polar surface area (TPSA) is 142 Å². The molecule has 6 rings (SSSR count). The maximum Gasteiger partial charge on any atom is 0.418 e. The molecule has 14 heteroatoms. The number of imidazole rings is 1. The van der Waals surface area contributed by atoms with Gasteiger partial charge in [-0.3, -0.25) is 9.89 Å². The lowest BCUT2D eigenvalue weighted by Gasteiger charge is -2.35. The summed E-state index contributed by atoms with van der Waals surface area (Å²) in [6.45, 7) is 1.17. The number of nitrogens with zero attached hydrogens (tertiary/aromatic N) is 4. The maximum absolute atomic E-state index is 13.6. The van der Waals surface area contributed by atoms with Crippen molar-refractivity contribution in [2.24, 2.45) is 0 Å². The van der Waals surface area contributed by atoms with Crippen LogP contribution in [-0.4, -0.2) is 68.4 Å². The molecule has 2 amide bonds. The van der Waals surface area contributed by atoms with Crippen LogP contribution in [0.25, 0.3) is 21.9 Å². The molecule has 0 atom stereocenters. The molecule has 1 fully saturated rings. The standard InChI is InChI=1S/C27H23F3N8O3/c28-27(29,30)18-3-1-2-4-19(18)33-25-34-21-12-17(24(39)32-16-6-5-15-14-31-36-20(15)11-16)23(13-22(21)35-25)37-7-9-38(10-8-37)26(40)41/h1-6,11-14H,7-10H2,(H,31,36)(H,32,39)(H,40,41)(H2,33,34,35). The van der Waals surface area contributed by atoms with Gasteiger partial charge in [-0.2, -0.15) is 18.3 Å². The monoisotopic (exact) mass is 564 g/mol. The van der Waals surface area contributed by atoms with Gasteiger partial charge in [0.25, 0.3) is 5.91 Å².